The van der Waals surface area contributed by atoms with Gasteiger partial charge in [0.05, 0.1) is 0 Å². The summed E-state index contributed by atoms with van der Waals surface area (Å²) in [5.74, 6) is 2.64. The Morgan fingerprint density at radius 3 is 2.15 bits per heavy atom. The van der Waals surface area contributed by atoms with Crippen molar-refractivity contribution in [1.29, 1.82) is 0 Å². The third-order valence-electron chi connectivity index (χ3n) is 5.51. The topological polar surface area (TPSA) is 6.48 Å². The Bertz CT molecular complexity index is 290. The van der Waals surface area contributed by atoms with Crippen LogP contribution in [0.25, 0.3) is 0 Å². The fraction of sp³-hybridized carbons (Fsp3) is 1.00. The van der Waals surface area contributed by atoms with E-state index < -0.39 is 0 Å². The molecule has 2 fully saturated rings. The maximum Gasteiger partial charge on any atom is 0.00359 e. The van der Waals surface area contributed by atoms with E-state index in [2.05, 4.69) is 44.4 Å². The quantitative estimate of drug-likeness (QED) is 0.774. The van der Waals surface area contributed by atoms with Gasteiger partial charge in [-0.15, -0.1) is 0 Å². The number of hydrogen-bond donors (Lipinski definition) is 0. The minimum atomic E-state index is 0.482. The first-order chi connectivity index (χ1) is 9.37. The smallest absolute Gasteiger partial charge is 0.00359 e. The van der Waals surface area contributed by atoms with Gasteiger partial charge in [0.25, 0.3) is 0 Å². The number of rotatable bonds is 4. The predicted molar refractivity (Wildman–Crippen MR) is 88.0 cm³/mol. The number of likely N-dealkylation sites (tertiary alicyclic amines) is 2. The molecule has 0 spiro atoms. The Labute approximate surface area is 126 Å². The summed E-state index contributed by atoms with van der Waals surface area (Å²) in [5, 5.41) is 0. The van der Waals surface area contributed by atoms with Crippen molar-refractivity contribution in [2.45, 2.75) is 53.9 Å². The minimum absolute atomic E-state index is 0.482. The summed E-state index contributed by atoms with van der Waals surface area (Å²) in [7, 11) is 0. The third-order valence-corrected chi connectivity index (χ3v) is 5.51. The molecule has 0 aliphatic carbocycles. The second kappa shape index (κ2) is 6.79. The van der Waals surface area contributed by atoms with Crippen molar-refractivity contribution in [3.05, 3.63) is 0 Å². The van der Waals surface area contributed by atoms with E-state index in [1.165, 1.54) is 58.5 Å². The average Bonchev–Trinajstić information content (AvgIpc) is 2.34. The van der Waals surface area contributed by atoms with Gasteiger partial charge in [-0.2, -0.15) is 0 Å². The van der Waals surface area contributed by atoms with Crippen molar-refractivity contribution in [2.24, 2.45) is 23.2 Å². The van der Waals surface area contributed by atoms with Crippen LogP contribution in [-0.4, -0.2) is 49.1 Å². The highest BCUT2D eigenvalue weighted by molar-refractivity contribution is 4.89. The molecule has 0 aromatic heterocycles. The van der Waals surface area contributed by atoms with Crippen LogP contribution in [0.1, 0.15) is 53.9 Å². The molecule has 0 saturated carbocycles. The molecule has 0 aromatic rings. The van der Waals surface area contributed by atoms with Crippen LogP contribution in [0, 0.1) is 23.2 Å². The lowest BCUT2D eigenvalue weighted by atomic mass is 9.73. The van der Waals surface area contributed by atoms with Gasteiger partial charge < -0.3 is 9.80 Å². The Hall–Kier alpha value is -0.0800. The molecule has 0 bridgehead atoms. The van der Waals surface area contributed by atoms with Gasteiger partial charge in [-0.25, -0.2) is 0 Å². The zero-order valence-corrected chi connectivity index (χ0v) is 14.5. The van der Waals surface area contributed by atoms with Crippen molar-refractivity contribution in [3.8, 4) is 0 Å². The van der Waals surface area contributed by atoms with E-state index in [4.69, 9.17) is 0 Å². The molecule has 2 rings (SSSR count). The molecular weight excluding hydrogens is 244 g/mol. The van der Waals surface area contributed by atoms with E-state index in [-0.39, 0.29) is 0 Å². The zero-order valence-electron chi connectivity index (χ0n) is 14.5. The number of piperidine rings is 2. The van der Waals surface area contributed by atoms with Crippen LogP contribution < -0.4 is 0 Å². The number of nitrogens with zero attached hydrogens (tertiary/aromatic N) is 2. The second-order valence-corrected chi connectivity index (χ2v) is 8.59. The van der Waals surface area contributed by atoms with E-state index in [1.54, 1.807) is 0 Å². The SMILES string of the molecule is CC(C)CN1CCC(CN2CCC(C)CC2)C(C)(C)C1. The molecule has 2 saturated heterocycles. The average molecular weight is 280 g/mol. The summed E-state index contributed by atoms with van der Waals surface area (Å²) in [6.07, 6.45) is 4.21. The predicted octanol–water partition coefficient (Wildman–Crippen LogP) is 3.72. The Morgan fingerprint density at radius 2 is 1.60 bits per heavy atom. The van der Waals surface area contributed by atoms with Crippen LogP contribution in [0.3, 0.4) is 0 Å². The molecule has 0 amide bonds. The lowest BCUT2D eigenvalue weighted by Gasteiger charge is -2.47. The van der Waals surface area contributed by atoms with Gasteiger partial charge in [0.2, 0.25) is 0 Å². The van der Waals surface area contributed by atoms with Gasteiger partial charge in [-0.05, 0) is 62.1 Å². The Balaban J connectivity index is 1.84. The molecule has 118 valence electrons. The molecule has 1 unspecified atom stereocenters. The molecular formula is C18H36N2. The monoisotopic (exact) mass is 280 g/mol. The normalized spacial score (nSPS) is 30.0. The number of hydrogen-bond acceptors (Lipinski definition) is 2. The molecule has 2 aliphatic heterocycles. The van der Waals surface area contributed by atoms with Gasteiger partial charge >= 0.3 is 0 Å². The molecule has 0 N–H and O–H groups in total. The maximum absolute atomic E-state index is 2.74. The van der Waals surface area contributed by atoms with Crippen molar-refractivity contribution in [1.82, 2.24) is 9.80 Å². The van der Waals surface area contributed by atoms with Crippen molar-refractivity contribution in [3.63, 3.8) is 0 Å². The van der Waals surface area contributed by atoms with E-state index in [9.17, 15) is 0 Å². The van der Waals surface area contributed by atoms with Crippen LogP contribution >= 0.6 is 0 Å². The molecule has 2 heteroatoms. The summed E-state index contributed by atoms with van der Waals surface area (Å²) in [6.45, 7) is 20.0. The van der Waals surface area contributed by atoms with Gasteiger partial charge in [-0.3, -0.25) is 0 Å². The lowest BCUT2D eigenvalue weighted by Crippen LogP contribution is -2.50. The molecule has 2 heterocycles. The largest absolute Gasteiger partial charge is 0.303 e. The summed E-state index contributed by atoms with van der Waals surface area (Å²) in [6, 6.07) is 0. The van der Waals surface area contributed by atoms with Gasteiger partial charge in [0, 0.05) is 19.6 Å². The first kappa shape index (κ1) is 16.3. The minimum Gasteiger partial charge on any atom is -0.303 e. The molecule has 20 heavy (non-hydrogen) atoms. The zero-order chi connectivity index (χ0) is 14.8. The van der Waals surface area contributed by atoms with Crippen LogP contribution in [0.15, 0.2) is 0 Å². The first-order valence-corrected chi connectivity index (χ1v) is 8.81. The van der Waals surface area contributed by atoms with Crippen molar-refractivity contribution < 1.29 is 0 Å². The van der Waals surface area contributed by atoms with E-state index in [1.807, 2.05) is 0 Å². The third kappa shape index (κ3) is 4.46. The molecule has 1 atom stereocenters. The fourth-order valence-electron chi connectivity index (χ4n) is 4.08. The molecule has 0 radical (unpaired) electrons. The summed E-state index contributed by atoms with van der Waals surface area (Å²) in [4.78, 5) is 5.43. The fourth-order valence-corrected chi connectivity index (χ4v) is 4.08. The van der Waals surface area contributed by atoms with Crippen LogP contribution in [0.4, 0.5) is 0 Å². The van der Waals surface area contributed by atoms with E-state index >= 15 is 0 Å². The van der Waals surface area contributed by atoms with Gasteiger partial charge in [0.15, 0.2) is 0 Å². The highest BCUT2D eigenvalue weighted by Crippen LogP contribution is 2.36. The summed E-state index contributed by atoms with van der Waals surface area (Å²) < 4.78 is 0. The van der Waals surface area contributed by atoms with Crippen molar-refractivity contribution in [2.75, 3.05) is 39.3 Å². The van der Waals surface area contributed by atoms with Gasteiger partial charge in [-0.1, -0.05) is 34.6 Å². The maximum atomic E-state index is 2.74. The van der Waals surface area contributed by atoms with Crippen LogP contribution in [0.2, 0.25) is 0 Å². The van der Waals surface area contributed by atoms with E-state index in [0.717, 1.165) is 17.8 Å². The second-order valence-electron chi connectivity index (χ2n) is 8.59. The van der Waals surface area contributed by atoms with Crippen LogP contribution in [-0.2, 0) is 0 Å². The van der Waals surface area contributed by atoms with Gasteiger partial charge in [0.1, 0.15) is 0 Å². The molecule has 2 aliphatic rings. The molecule has 0 aromatic carbocycles. The Kier molecular flexibility index (Phi) is 5.53. The first-order valence-electron chi connectivity index (χ1n) is 8.81. The Morgan fingerprint density at radius 1 is 1.00 bits per heavy atom. The summed E-state index contributed by atoms with van der Waals surface area (Å²) >= 11 is 0. The molecule has 2 nitrogen and oxygen atoms in total. The standard InChI is InChI=1S/C18H36N2/c1-15(2)12-20-11-8-17(18(4,5)14-20)13-19-9-6-16(3)7-10-19/h15-17H,6-14H2,1-5H3. The van der Waals surface area contributed by atoms with Crippen molar-refractivity contribution >= 4 is 0 Å². The van der Waals surface area contributed by atoms with Crippen LogP contribution in [0.5, 0.6) is 0 Å². The highest BCUT2D eigenvalue weighted by atomic mass is 15.2. The lowest BCUT2D eigenvalue weighted by molar-refractivity contribution is 0.0211. The van der Waals surface area contributed by atoms with E-state index in [0.29, 0.717) is 5.41 Å². The highest BCUT2D eigenvalue weighted by Gasteiger charge is 2.36. The summed E-state index contributed by atoms with van der Waals surface area (Å²) in [5.41, 5.74) is 0.482.